The van der Waals surface area contributed by atoms with E-state index in [1.807, 2.05) is 30.3 Å². The van der Waals surface area contributed by atoms with Gasteiger partial charge in [0.25, 0.3) is 0 Å². The van der Waals surface area contributed by atoms with Crippen molar-refractivity contribution in [3.8, 4) is 0 Å². The molecule has 1 aromatic carbocycles. The van der Waals surface area contributed by atoms with Gasteiger partial charge in [-0.25, -0.2) is 0 Å². The lowest BCUT2D eigenvalue weighted by Crippen LogP contribution is -2.18. The molecule has 3 nitrogen and oxygen atoms in total. The molecule has 0 bridgehead atoms. The minimum absolute atomic E-state index is 0.170. The van der Waals surface area contributed by atoms with E-state index in [9.17, 15) is 14.7 Å². The number of benzene rings is 1. The second kappa shape index (κ2) is 4.37. The van der Waals surface area contributed by atoms with Crippen LogP contribution in [0.1, 0.15) is 18.4 Å². The van der Waals surface area contributed by atoms with E-state index >= 15 is 0 Å². The van der Waals surface area contributed by atoms with Gasteiger partial charge in [0, 0.05) is 5.92 Å². The molecule has 86 valence electrons. The number of ketones is 2. The Bertz CT molecular complexity index is 524. The normalized spacial score (nSPS) is 17.5. The smallest absolute Gasteiger partial charge is 0.220 e. The molecule has 1 aromatic rings. The van der Waals surface area contributed by atoms with Gasteiger partial charge in [0.05, 0.1) is 5.57 Å². The molecule has 3 heteroatoms. The van der Waals surface area contributed by atoms with Crippen molar-refractivity contribution in [3.63, 3.8) is 0 Å². The first-order valence-electron chi connectivity index (χ1n) is 5.36. The first kappa shape index (κ1) is 11.3. The number of aliphatic hydroxyl groups is 1. The maximum absolute atomic E-state index is 11.7. The second-order valence-electron chi connectivity index (χ2n) is 3.96. The summed E-state index contributed by atoms with van der Waals surface area (Å²) >= 11 is 0. The van der Waals surface area contributed by atoms with E-state index in [0.717, 1.165) is 11.6 Å². The maximum atomic E-state index is 11.7. The third-order valence-corrected chi connectivity index (χ3v) is 2.87. The lowest BCUT2D eigenvalue weighted by Gasteiger charge is -2.17. The van der Waals surface area contributed by atoms with Crippen LogP contribution < -0.4 is 0 Å². The van der Waals surface area contributed by atoms with Gasteiger partial charge < -0.3 is 5.11 Å². The predicted octanol–water partition coefficient (Wildman–Crippen LogP) is 2.31. The summed E-state index contributed by atoms with van der Waals surface area (Å²) in [4.78, 5) is 23.0. The quantitative estimate of drug-likeness (QED) is 0.790. The zero-order valence-electron chi connectivity index (χ0n) is 9.38. The van der Waals surface area contributed by atoms with Crippen molar-refractivity contribution in [3.05, 3.63) is 59.4 Å². The van der Waals surface area contributed by atoms with Crippen LogP contribution in [0.2, 0.25) is 0 Å². The summed E-state index contributed by atoms with van der Waals surface area (Å²) in [5.41, 5.74) is 1.06. The molecule has 0 saturated carbocycles. The fraction of sp³-hybridized carbons (Fsp3) is 0.143. The van der Waals surface area contributed by atoms with Crippen molar-refractivity contribution < 1.29 is 14.7 Å². The van der Waals surface area contributed by atoms with E-state index in [-0.39, 0.29) is 17.3 Å². The monoisotopic (exact) mass is 228 g/mol. The largest absolute Gasteiger partial charge is 0.504 e. The van der Waals surface area contributed by atoms with E-state index in [1.54, 1.807) is 6.92 Å². The molecule has 0 radical (unpaired) electrons. The van der Waals surface area contributed by atoms with Crippen molar-refractivity contribution in [2.45, 2.75) is 12.8 Å². The van der Waals surface area contributed by atoms with E-state index in [4.69, 9.17) is 0 Å². The van der Waals surface area contributed by atoms with Gasteiger partial charge in [0.2, 0.25) is 5.78 Å². The number of allylic oxidation sites excluding steroid dienone is 3. The molecule has 1 N–H and O–H groups in total. The van der Waals surface area contributed by atoms with Crippen LogP contribution in [0.5, 0.6) is 0 Å². The number of hydrogen-bond donors (Lipinski definition) is 1. The number of aliphatic hydroxyl groups excluding tert-OH is 1. The van der Waals surface area contributed by atoms with Crippen LogP contribution in [0.25, 0.3) is 0 Å². The molecule has 0 aromatic heterocycles. The fourth-order valence-electron chi connectivity index (χ4n) is 1.90. The Hall–Kier alpha value is -2.16. The van der Waals surface area contributed by atoms with Crippen molar-refractivity contribution in [1.82, 2.24) is 0 Å². The first-order valence-corrected chi connectivity index (χ1v) is 5.36. The van der Waals surface area contributed by atoms with E-state index in [0.29, 0.717) is 0 Å². The average Bonchev–Trinajstić information content (AvgIpc) is 2.35. The summed E-state index contributed by atoms with van der Waals surface area (Å²) in [6.07, 6.45) is 2.30. The van der Waals surface area contributed by atoms with Crippen LogP contribution in [-0.4, -0.2) is 16.7 Å². The van der Waals surface area contributed by atoms with Gasteiger partial charge in [-0.2, -0.15) is 0 Å². The lowest BCUT2D eigenvalue weighted by molar-refractivity contribution is -0.117. The van der Waals surface area contributed by atoms with Crippen molar-refractivity contribution in [2.24, 2.45) is 0 Å². The van der Waals surface area contributed by atoms with Gasteiger partial charge in [-0.1, -0.05) is 37.3 Å². The van der Waals surface area contributed by atoms with Gasteiger partial charge in [-0.15, -0.1) is 0 Å². The van der Waals surface area contributed by atoms with Crippen LogP contribution in [0.4, 0.5) is 0 Å². The highest BCUT2D eigenvalue weighted by Crippen LogP contribution is 2.28. The molecule has 2 rings (SSSR count). The topological polar surface area (TPSA) is 54.4 Å². The molecule has 0 saturated heterocycles. The molecule has 0 aliphatic heterocycles. The van der Waals surface area contributed by atoms with Crippen molar-refractivity contribution in [2.75, 3.05) is 0 Å². The van der Waals surface area contributed by atoms with E-state index in [1.165, 1.54) is 6.08 Å². The number of rotatable bonds is 2. The third kappa shape index (κ3) is 2.04. The molecule has 1 aliphatic carbocycles. The lowest BCUT2D eigenvalue weighted by atomic mass is 9.86. The van der Waals surface area contributed by atoms with E-state index in [2.05, 4.69) is 0 Å². The molecule has 17 heavy (non-hydrogen) atoms. The highest BCUT2D eigenvalue weighted by atomic mass is 16.3. The molecule has 1 aliphatic rings. The molecule has 0 heterocycles. The Morgan fingerprint density at radius 1 is 1.00 bits per heavy atom. The van der Waals surface area contributed by atoms with Crippen LogP contribution in [0.15, 0.2) is 53.8 Å². The molecule has 0 fully saturated rings. The number of carbonyl (C=O) groups is 2. The second-order valence-corrected chi connectivity index (χ2v) is 3.96. The summed E-state index contributed by atoms with van der Waals surface area (Å²) in [5, 5.41) is 9.70. The summed E-state index contributed by atoms with van der Waals surface area (Å²) in [5.74, 6) is -1.55. The van der Waals surface area contributed by atoms with Crippen molar-refractivity contribution >= 4 is 11.6 Å². The van der Waals surface area contributed by atoms with E-state index < -0.39 is 11.5 Å². The Kier molecular flexibility index (Phi) is 2.91. The zero-order chi connectivity index (χ0) is 12.4. The minimum Gasteiger partial charge on any atom is -0.504 e. The van der Waals surface area contributed by atoms with Crippen LogP contribution in [0.3, 0.4) is 0 Å². The summed E-state index contributed by atoms with van der Waals surface area (Å²) in [7, 11) is 0. The maximum Gasteiger partial charge on any atom is 0.220 e. The summed E-state index contributed by atoms with van der Waals surface area (Å²) in [6, 6.07) is 9.31. The van der Waals surface area contributed by atoms with Crippen LogP contribution in [-0.2, 0) is 9.59 Å². The molecule has 1 unspecified atom stereocenters. The Morgan fingerprint density at radius 2 is 1.59 bits per heavy atom. The Balaban J connectivity index is 2.43. The molecule has 0 spiro atoms. The Labute approximate surface area is 99.1 Å². The molecular weight excluding hydrogens is 216 g/mol. The van der Waals surface area contributed by atoms with Gasteiger partial charge in [0.15, 0.2) is 11.5 Å². The van der Waals surface area contributed by atoms with Gasteiger partial charge in [0.1, 0.15) is 0 Å². The minimum atomic E-state index is -0.512. The van der Waals surface area contributed by atoms with Crippen LogP contribution >= 0.6 is 0 Å². The Morgan fingerprint density at radius 3 is 2.24 bits per heavy atom. The first-order chi connectivity index (χ1) is 8.11. The predicted molar refractivity (Wildman–Crippen MR) is 63.7 cm³/mol. The zero-order valence-corrected chi connectivity index (χ0v) is 9.38. The van der Waals surface area contributed by atoms with Crippen molar-refractivity contribution in [1.29, 1.82) is 0 Å². The summed E-state index contributed by atoms with van der Waals surface area (Å²) < 4.78 is 0. The van der Waals surface area contributed by atoms with Gasteiger partial charge >= 0.3 is 0 Å². The molecular formula is C14H12O3. The number of hydrogen-bond acceptors (Lipinski definition) is 3. The summed E-state index contributed by atoms with van der Waals surface area (Å²) in [6.45, 7) is 1.80. The molecule has 1 atom stereocenters. The van der Waals surface area contributed by atoms with Gasteiger partial charge in [-0.05, 0) is 17.7 Å². The molecule has 0 amide bonds. The fourth-order valence-corrected chi connectivity index (χ4v) is 1.90. The highest BCUT2D eigenvalue weighted by Gasteiger charge is 2.27. The number of carbonyl (C=O) groups excluding carboxylic acids is 2. The third-order valence-electron chi connectivity index (χ3n) is 2.87. The SMILES string of the molecule is CC(C1=C(O)C(=O)C=CC1=O)c1ccccc1. The standard InChI is InChI=1S/C14H12O3/c1-9(10-5-3-2-4-6-10)13-11(15)7-8-12(16)14(13)17/h2-9,17H,1H3. The average molecular weight is 228 g/mol. The van der Waals surface area contributed by atoms with Crippen LogP contribution in [0, 0.1) is 0 Å². The highest BCUT2D eigenvalue weighted by molar-refractivity contribution is 6.19. The van der Waals surface area contributed by atoms with Gasteiger partial charge in [-0.3, -0.25) is 9.59 Å².